The van der Waals surface area contributed by atoms with Gasteiger partial charge in [0.1, 0.15) is 11.8 Å². The van der Waals surface area contributed by atoms with Crippen molar-refractivity contribution in [3.05, 3.63) is 39.9 Å². The zero-order valence-corrected chi connectivity index (χ0v) is 13.8. The predicted molar refractivity (Wildman–Crippen MR) is 85.9 cm³/mol. The summed E-state index contributed by atoms with van der Waals surface area (Å²) >= 11 is 3.55. The summed E-state index contributed by atoms with van der Waals surface area (Å²) in [5.74, 6) is 0. The van der Waals surface area contributed by atoms with Crippen LogP contribution in [-0.4, -0.2) is 36.3 Å². The summed E-state index contributed by atoms with van der Waals surface area (Å²) in [5.41, 5.74) is 2.78. The molecule has 1 fully saturated rings. The maximum atomic E-state index is 11.2. The van der Waals surface area contributed by atoms with Gasteiger partial charge >= 0.3 is 0 Å². The normalized spacial score (nSPS) is 28.4. The highest BCUT2D eigenvalue weighted by molar-refractivity contribution is 9.10. The van der Waals surface area contributed by atoms with E-state index in [1.165, 1.54) is 5.57 Å². The number of likely N-dealkylation sites (N-methyl/N-ethyl adjacent to an activating group) is 1. The molecule has 1 N–H and O–H groups in total. The molecule has 0 bridgehead atoms. The van der Waals surface area contributed by atoms with E-state index in [9.17, 15) is 5.11 Å². The molecule has 1 aromatic rings. The molecule has 0 amide bonds. The van der Waals surface area contributed by atoms with Gasteiger partial charge in [-0.2, -0.15) is 0 Å². The standard InChI is InChI=1S/C16H21BrN2O/c1-11(2)6-8-19-14-10-12(17)4-5-13(14)16(20)7-9-18(3)15(16)19/h4-6,10,15,20H,7-9H2,1-3H3/t15-,16-/m1/s1. The van der Waals surface area contributed by atoms with Gasteiger partial charge in [0.25, 0.3) is 0 Å². The lowest BCUT2D eigenvalue weighted by molar-refractivity contribution is 0.0153. The van der Waals surface area contributed by atoms with Crippen LogP contribution in [0.4, 0.5) is 5.69 Å². The summed E-state index contributed by atoms with van der Waals surface area (Å²) in [4.78, 5) is 4.58. The van der Waals surface area contributed by atoms with Crippen molar-refractivity contribution in [1.82, 2.24) is 4.90 Å². The van der Waals surface area contributed by atoms with E-state index < -0.39 is 5.60 Å². The highest BCUT2D eigenvalue weighted by Crippen LogP contribution is 2.50. The Morgan fingerprint density at radius 3 is 2.95 bits per heavy atom. The molecule has 0 aliphatic carbocycles. The van der Waals surface area contributed by atoms with Crippen molar-refractivity contribution in [2.24, 2.45) is 0 Å². The number of hydrogen-bond acceptors (Lipinski definition) is 3. The Balaban J connectivity index is 2.09. The Hall–Kier alpha value is -0.840. The number of nitrogens with zero attached hydrogens (tertiary/aromatic N) is 2. The van der Waals surface area contributed by atoms with Crippen molar-refractivity contribution in [2.75, 3.05) is 25.0 Å². The van der Waals surface area contributed by atoms with Crippen LogP contribution in [0.5, 0.6) is 0 Å². The number of aliphatic hydroxyl groups is 1. The van der Waals surface area contributed by atoms with E-state index in [0.29, 0.717) is 0 Å². The van der Waals surface area contributed by atoms with Crippen LogP contribution in [0.2, 0.25) is 0 Å². The fourth-order valence-corrected chi connectivity index (χ4v) is 3.80. The number of allylic oxidation sites excluding steroid dienone is 1. The van der Waals surface area contributed by atoms with Gasteiger partial charge in [-0.25, -0.2) is 0 Å². The first kappa shape index (κ1) is 14.1. The maximum Gasteiger partial charge on any atom is 0.127 e. The van der Waals surface area contributed by atoms with E-state index in [2.05, 4.69) is 64.8 Å². The first-order chi connectivity index (χ1) is 9.43. The molecule has 108 valence electrons. The summed E-state index contributed by atoms with van der Waals surface area (Å²) in [6, 6.07) is 6.21. The number of hydrogen-bond donors (Lipinski definition) is 1. The van der Waals surface area contributed by atoms with E-state index in [-0.39, 0.29) is 6.17 Å². The fourth-order valence-electron chi connectivity index (χ4n) is 3.45. The van der Waals surface area contributed by atoms with Crippen LogP contribution in [0.25, 0.3) is 0 Å². The van der Waals surface area contributed by atoms with E-state index >= 15 is 0 Å². The van der Waals surface area contributed by atoms with Gasteiger partial charge in [-0.05, 0) is 39.4 Å². The lowest BCUT2D eigenvalue weighted by atomic mass is 9.93. The molecule has 2 aliphatic rings. The Labute approximate surface area is 129 Å². The minimum Gasteiger partial charge on any atom is -0.381 e. The average Bonchev–Trinajstić information content (AvgIpc) is 2.80. The summed E-state index contributed by atoms with van der Waals surface area (Å²) in [7, 11) is 2.10. The van der Waals surface area contributed by atoms with Crippen LogP contribution >= 0.6 is 15.9 Å². The molecule has 2 heterocycles. The zero-order valence-electron chi connectivity index (χ0n) is 12.2. The quantitative estimate of drug-likeness (QED) is 0.840. The van der Waals surface area contributed by atoms with Crippen molar-refractivity contribution in [3.63, 3.8) is 0 Å². The van der Waals surface area contributed by atoms with Gasteiger partial charge in [0.2, 0.25) is 0 Å². The highest BCUT2D eigenvalue weighted by atomic mass is 79.9. The van der Waals surface area contributed by atoms with Crippen LogP contribution in [0.3, 0.4) is 0 Å². The minimum absolute atomic E-state index is 0.0439. The first-order valence-corrected chi connectivity index (χ1v) is 7.85. The summed E-state index contributed by atoms with van der Waals surface area (Å²) in [6.07, 6.45) is 3.07. The van der Waals surface area contributed by atoms with E-state index in [1.54, 1.807) is 0 Å². The second kappa shape index (κ2) is 4.86. The summed E-state index contributed by atoms with van der Waals surface area (Å²) in [5, 5.41) is 11.2. The lowest BCUT2D eigenvalue weighted by Crippen LogP contribution is -2.48. The highest BCUT2D eigenvalue weighted by Gasteiger charge is 2.55. The molecule has 0 radical (unpaired) electrons. The van der Waals surface area contributed by atoms with Gasteiger partial charge in [0.15, 0.2) is 0 Å². The number of benzene rings is 1. The molecule has 4 heteroatoms. The molecular weight excluding hydrogens is 316 g/mol. The van der Waals surface area contributed by atoms with Crippen molar-refractivity contribution < 1.29 is 5.11 Å². The van der Waals surface area contributed by atoms with Crippen molar-refractivity contribution >= 4 is 21.6 Å². The minimum atomic E-state index is -0.736. The molecule has 0 unspecified atom stereocenters. The second-order valence-corrected chi connectivity index (χ2v) is 7.04. The number of halogens is 1. The Morgan fingerprint density at radius 2 is 2.25 bits per heavy atom. The Bertz CT molecular complexity index is 568. The van der Waals surface area contributed by atoms with E-state index in [0.717, 1.165) is 35.2 Å². The smallest absolute Gasteiger partial charge is 0.127 e. The third kappa shape index (κ3) is 2.01. The molecule has 3 rings (SSSR count). The van der Waals surface area contributed by atoms with Crippen molar-refractivity contribution in [3.8, 4) is 0 Å². The molecule has 0 aromatic heterocycles. The van der Waals surface area contributed by atoms with Crippen molar-refractivity contribution in [2.45, 2.75) is 32.0 Å². The number of anilines is 1. The van der Waals surface area contributed by atoms with Crippen molar-refractivity contribution in [1.29, 1.82) is 0 Å². The lowest BCUT2D eigenvalue weighted by Gasteiger charge is -2.33. The average molecular weight is 337 g/mol. The summed E-state index contributed by atoms with van der Waals surface area (Å²) in [6.45, 7) is 6.00. The molecule has 1 saturated heterocycles. The van der Waals surface area contributed by atoms with Crippen LogP contribution < -0.4 is 4.90 Å². The Kier molecular flexibility index (Phi) is 3.43. The van der Waals surface area contributed by atoms with Crippen LogP contribution in [0.15, 0.2) is 34.3 Å². The summed E-state index contributed by atoms with van der Waals surface area (Å²) < 4.78 is 1.06. The van der Waals surface area contributed by atoms with Gasteiger partial charge in [0.05, 0.1) is 0 Å². The van der Waals surface area contributed by atoms with Gasteiger partial charge in [-0.1, -0.05) is 33.6 Å². The van der Waals surface area contributed by atoms with E-state index in [4.69, 9.17) is 0 Å². The molecule has 0 saturated carbocycles. The molecule has 2 aliphatic heterocycles. The van der Waals surface area contributed by atoms with Crippen LogP contribution in [0, 0.1) is 0 Å². The molecule has 2 atom stereocenters. The second-order valence-electron chi connectivity index (χ2n) is 6.12. The van der Waals surface area contributed by atoms with Crippen LogP contribution in [0.1, 0.15) is 25.8 Å². The topological polar surface area (TPSA) is 26.7 Å². The van der Waals surface area contributed by atoms with Gasteiger partial charge in [0, 0.05) is 28.8 Å². The van der Waals surface area contributed by atoms with Gasteiger partial charge in [-0.3, -0.25) is 4.90 Å². The SMILES string of the molecule is CC(C)=CCN1c2cc(Br)ccc2[C@]2(O)CCN(C)[C@H]12. The number of rotatable bonds is 2. The van der Waals surface area contributed by atoms with Crippen LogP contribution in [-0.2, 0) is 5.60 Å². The molecular formula is C16H21BrN2O. The molecule has 3 nitrogen and oxygen atoms in total. The largest absolute Gasteiger partial charge is 0.381 e. The van der Waals surface area contributed by atoms with Gasteiger partial charge in [-0.15, -0.1) is 0 Å². The number of fused-ring (bicyclic) bond motifs is 3. The molecule has 1 aromatic carbocycles. The predicted octanol–water partition coefficient (Wildman–Crippen LogP) is 3.08. The molecule has 0 spiro atoms. The third-order valence-corrected chi connectivity index (χ3v) is 4.91. The third-order valence-electron chi connectivity index (χ3n) is 4.42. The maximum absolute atomic E-state index is 11.2. The van der Waals surface area contributed by atoms with Gasteiger partial charge < -0.3 is 10.0 Å². The number of likely N-dealkylation sites (tertiary alicyclic amines) is 1. The Morgan fingerprint density at radius 1 is 1.50 bits per heavy atom. The molecule has 20 heavy (non-hydrogen) atoms. The zero-order chi connectivity index (χ0) is 14.5. The van der Waals surface area contributed by atoms with E-state index in [1.807, 2.05) is 6.07 Å². The fraction of sp³-hybridized carbons (Fsp3) is 0.500. The monoisotopic (exact) mass is 336 g/mol. The first-order valence-electron chi connectivity index (χ1n) is 7.06.